The smallest absolute Gasteiger partial charge is 0.137 e. The SMILES string of the molecule is OC(c1ccc[nH]1)c1cccc(F)c1Br. The van der Waals surface area contributed by atoms with E-state index in [1.165, 1.54) is 6.07 Å². The molecule has 4 heteroatoms. The molecule has 0 spiro atoms. The van der Waals surface area contributed by atoms with E-state index in [9.17, 15) is 9.50 Å². The zero-order valence-electron chi connectivity index (χ0n) is 7.74. The summed E-state index contributed by atoms with van der Waals surface area (Å²) in [6.07, 6.45) is 0.872. The third kappa shape index (κ3) is 1.96. The van der Waals surface area contributed by atoms with Gasteiger partial charge in [0.25, 0.3) is 0 Å². The predicted molar refractivity (Wildman–Crippen MR) is 59.0 cm³/mol. The van der Waals surface area contributed by atoms with Crippen molar-refractivity contribution in [1.82, 2.24) is 4.98 Å². The second kappa shape index (κ2) is 4.16. The molecule has 0 bridgehead atoms. The van der Waals surface area contributed by atoms with Gasteiger partial charge in [-0.15, -0.1) is 0 Å². The standard InChI is InChI=1S/C11H9BrFNO/c12-10-7(3-1-4-8(10)13)11(15)9-5-2-6-14-9/h1-6,11,14-15H. The number of H-pyrrole nitrogens is 1. The Balaban J connectivity index is 2.42. The number of aliphatic hydroxyl groups is 1. The Hall–Kier alpha value is -1.13. The lowest BCUT2D eigenvalue weighted by Crippen LogP contribution is -2.01. The first-order chi connectivity index (χ1) is 7.20. The molecule has 0 saturated carbocycles. The van der Waals surface area contributed by atoms with Gasteiger partial charge < -0.3 is 10.1 Å². The quantitative estimate of drug-likeness (QED) is 0.864. The van der Waals surface area contributed by atoms with Gasteiger partial charge in [-0.1, -0.05) is 12.1 Å². The molecule has 2 N–H and O–H groups in total. The Labute approximate surface area is 94.9 Å². The van der Waals surface area contributed by atoms with E-state index in [-0.39, 0.29) is 5.82 Å². The normalized spacial score (nSPS) is 12.7. The molecule has 0 aliphatic carbocycles. The largest absolute Gasteiger partial charge is 0.382 e. The molecule has 78 valence electrons. The molecule has 2 nitrogen and oxygen atoms in total. The van der Waals surface area contributed by atoms with E-state index >= 15 is 0 Å². The topological polar surface area (TPSA) is 36.0 Å². The van der Waals surface area contributed by atoms with Crippen LogP contribution in [0.4, 0.5) is 4.39 Å². The summed E-state index contributed by atoms with van der Waals surface area (Å²) < 4.78 is 13.5. The van der Waals surface area contributed by atoms with Gasteiger partial charge in [0, 0.05) is 17.5 Å². The number of halogens is 2. The van der Waals surface area contributed by atoms with Crippen LogP contribution in [0.2, 0.25) is 0 Å². The van der Waals surface area contributed by atoms with Crippen molar-refractivity contribution >= 4 is 15.9 Å². The van der Waals surface area contributed by atoms with E-state index in [1.54, 1.807) is 30.5 Å². The molecular formula is C11H9BrFNO. The third-order valence-corrected chi connectivity index (χ3v) is 3.03. The highest BCUT2D eigenvalue weighted by atomic mass is 79.9. The molecule has 0 fully saturated rings. The van der Waals surface area contributed by atoms with E-state index in [0.717, 1.165) is 0 Å². The summed E-state index contributed by atoms with van der Waals surface area (Å²) >= 11 is 3.12. The lowest BCUT2D eigenvalue weighted by atomic mass is 10.1. The summed E-state index contributed by atoms with van der Waals surface area (Å²) in [5.74, 6) is -0.377. The Morgan fingerprint density at radius 2 is 2.07 bits per heavy atom. The molecule has 1 aromatic heterocycles. The fourth-order valence-electron chi connectivity index (χ4n) is 1.41. The molecular weight excluding hydrogens is 261 g/mol. The zero-order valence-corrected chi connectivity index (χ0v) is 9.33. The van der Waals surface area contributed by atoms with Gasteiger partial charge in [-0.25, -0.2) is 4.39 Å². The molecule has 1 atom stereocenters. The Morgan fingerprint density at radius 1 is 1.27 bits per heavy atom. The second-order valence-electron chi connectivity index (χ2n) is 3.17. The number of rotatable bonds is 2. The highest BCUT2D eigenvalue weighted by Gasteiger charge is 2.16. The van der Waals surface area contributed by atoms with Gasteiger partial charge in [0.15, 0.2) is 0 Å². The van der Waals surface area contributed by atoms with Crippen molar-refractivity contribution in [3.05, 3.63) is 58.1 Å². The van der Waals surface area contributed by atoms with Crippen molar-refractivity contribution in [2.45, 2.75) is 6.10 Å². The van der Waals surface area contributed by atoms with Gasteiger partial charge in [-0.05, 0) is 34.1 Å². The monoisotopic (exact) mass is 269 g/mol. The maximum absolute atomic E-state index is 13.2. The zero-order chi connectivity index (χ0) is 10.8. The van der Waals surface area contributed by atoms with E-state index in [0.29, 0.717) is 15.7 Å². The van der Waals surface area contributed by atoms with Gasteiger partial charge in [0.2, 0.25) is 0 Å². The number of aromatic amines is 1. The van der Waals surface area contributed by atoms with Crippen LogP contribution in [0.3, 0.4) is 0 Å². The third-order valence-electron chi connectivity index (χ3n) is 2.19. The Morgan fingerprint density at radius 3 is 2.73 bits per heavy atom. The molecule has 1 heterocycles. The highest BCUT2D eigenvalue weighted by Crippen LogP contribution is 2.29. The maximum Gasteiger partial charge on any atom is 0.137 e. The lowest BCUT2D eigenvalue weighted by Gasteiger charge is -2.11. The molecule has 0 aliphatic heterocycles. The molecule has 15 heavy (non-hydrogen) atoms. The van der Waals surface area contributed by atoms with Crippen LogP contribution in [-0.2, 0) is 0 Å². The fraction of sp³-hybridized carbons (Fsp3) is 0.0909. The van der Waals surface area contributed by atoms with Crippen LogP contribution in [-0.4, -0.2) is 10.1 Å². The van der Waals surface area contributed by atoms with Crippen molar-refractivity contribution in [2.24, 2.45) is 0 Å². The molecule has 1 unspecified atom stereocenters. The molecule has 0 radical (unpaired) electrons. The van der Waals surface area contributed by atoms with Gasteiger partial charge in [0.05, 0.1) is 4.47 Å². The van der Waals surface area contributed by atoms with Crippen LogP contribution in [0.25, 0.3) is 0 Å². The van der Waals surface area contributed by atoms with E-state index in [2.05, 4.69) is 20.9 Å². The van der Waals surface area contributed by atoms with E-state index in [4.69, 9.17) is 0 Å². The minimum atomic E-state index is -0.843. The van der Waals surface area contributed by atoms with Crippen LogP contribution >= 0.6 is 15.9 Å². The molecule has 2 aromatic rings. The number of hydrogen-bond donors (Lipinski definition) is 2. The Kier molecular flexibility index (Phi) is 2.88. The van der Waals surface area contributed by atoms with E-state index < -0.39 is 6.10 Å². The van der Waals surface area contributed by atoms with Crippen molar-refractivity contribution in [3.8, 4) is 0 Å². The summed E-state index contributed by atoms with van der Waals surface area (Å²) in [4.78, 5) is 2.89. The van der Waals surface area contributed by atoms with Crippen LogP contribution in [0.5, 0.6) is 0 Å². The van der Waals surface area contributed by atoms with E-state index in [1.807, 2.05) is 0 Å². The number of benzene rings is 1. The van der Waals surface area contributed by atoms with Crippen LogP contribution in [0.1, 0.15) is 17.4 Å². The van der Waals surface area contributed by atoms with Gasteiger partial charge in [-0.3, -0.25) is 0 Å². The number of aromatic nitrogens is 1. The molecule has 0 aliphatic rings. The maximum atomic E-state index is 13.2. The number of nitrogens with one attached hydrogen (secondary N) is 1. The fourth-order valence-corrected chi connectivity index (χ4v) is 1.89. The summed E-state index contributed by atoms with van der Waals surface area (Å²) in [6.45, 7) is 0. The summed E-state index contributed by atoms with van der Waals surface area (Å²) in [5.41, 5.74) is 1.15. The van der Waals surface area contributed by atoms with Crippen LogP contribution in [0, 0.1) is 5.82 Å². The number of hydrogen-bond acceptors (Lipinski definition) is 1. The first-order valence-corrected chi connectivity index (χ1v) is 5.24. The van der Waals surface area contributed by atoms with Crippen LogP contribution < -0.4 is 0 Å². The van der Waals surface area contributed by atoms with Crippen molar-refractivity contribution < 1.29 is 9.50 Å². The molecule has 2 rings (SSSR count). The van der Waals surface area contributed by atoms with Crippen LogP contribution in [0.15, 0.2) is 41.0 Å². The second-order valence-corrected chi connectivity index (χ2v) is 3.96. The van der Waals surface area contributed by atoms with Crippen molar-refractivity contribution in [3.63, 3.8) is 0 Å². The van der Waals surface area contributed by atoms with Gasteiger partial charge in [-0.2, -0.15) is 0 Å². The van der Waals surface area contributed by atoms with Crippen molar-refractivity contribution in [1.29, 1.82) is 0 Å². The Bertz CT molecular complexity index is 456. The van der Waals surface area contributed by atoms with Gasteiger partial charge >= 0.3 is 0 Å². The number of aliphatic hydroxyl groups excluding tert-OH is 1. The highest BCUT2D eigenvalue weighted by molar-refractivity contribution is 9.10. The van der Waals surface area contributed by atoms with Gasteiger partial charge in [0.1, 0.15) is 11.9 Å². The average Bonchev–Trinajstić information content (AvgIpc) is 2.74. The first kappa shape index (κ1) is 10.4. The predicted octanol–water partition coefficient (Wildman–Crippen LogP) is 3.00. The minimum absolute atomic E-state index is 0.298. The van der Waals surface area contributed by atoms with Crippen molar-refractivity contribution in [2.75, 3.05) is 0 Å². The summed E-state index contributed by atoms with van der Waals surface area (Å²) in [5, 5.41) is 9.96. The molecule has 0 amide bonds. The summed E-state index contributed by atoms with van der Waals surface area (Å²) in [6, 6.07) is 8.13. The lowest BCUT2D eigenvalue weighted by molar-refractivity contribution is 0.214. The minimum Gasteiger partial charge on any atom is -0.382 e. The average molecular weight is 270 g/mol. The molecule has 0 saturated heterocycles. The first-order valence-electron chi connectivity index (χ1n) is 4.45. The molecule has 1 aromatic carbocycles. The summed E-state index contributed by atoms with van der Waals surface area (Å²) in [7, 11) is 0.